The van der Waals surface area contributed by atoms with Gasteiger partial charge in [0.1, 0.15) is 5.75 Å². The van der Waals surface area contributed by atoms with Crippen molar-refractivity contribution in [3.05, 3.63) is 29.8 Å². The van der Waals surface area contributed by atoms with E-state index in [2.05, 4.69) is 24.4 Å². The maximum atomic E-state index is 11.6. The van der Waals surface area contributed by atoms with Crippen LogP contribution in [0.1, 0.15) is 44.6 Å². The maximum Gasteiger partial charge on any atom is 0.220 e. The molecule has 3 atom stereocenters. The first-order valence-electron chi connectivity index (χ1n) is 7.09. The number of carbonyl (C=O) groups excluding carboxylic acids is 1. The van der Waals surface area contributed by atoms with Crippen LogP contribution in [0.25, 0.3) is 0 Å². The molecule has 1 aromatic rings. The van der Waals surface area contributed by atoms with Crippen LogP contribution in [-0.4, -0.2) is 19.1 Å². The first kappa shape index (κ1) is 13.9. The molecule has 0 radical (unpaired) electrons. The summed E-state index contributed by atoms with van der Waals surface area (Å²) in [4.78, 5) is 11.6. The molecule has 0 saturated heterocycles. The zero-order valence-electron chi connectivity index (χ0n) is 12.0. The summed E-state index contributed by atoms with van der Waals surface area (Å²) in [6, 6.07) is 8.51. The average Bonchev–Trinajstić information content (AvgIpc) is 3.19. The Labute approximate surface area is 115 Å². The summed E-state index contributed by atoms with van der Waals surface area (Å²) in [7, 11) is 1.69. The summed E-state index contributed by atoms with van der Waals surface area (Å²) in [5.74, 6) is 2.21. The number of hydrogen-bond acceptors (Lipinski definition) is 2. The lowest BCUT2D eigenvalue weighted by Crippen LogP contribution is -2.34. The van der Waals surface area contributed by atoms with E-state index in [1.54, 1.807) is 7.11 Å². The molecule has 1 aromatic carbocycles. The maximum absolute atomic E-state index is 11.6. The SMILES string of the molecule is CCCC(=O)NC(C)[C@@H]1C[C@H]1c1cccc(OC)c1. The molecular weight excluding hydrogens is 238 g/mol. The lowest BCUT2D eigenvalue weighted by Gasteiger charge is -2.13. The molecule has 19 heavy (non-hydrogen) atoms. The Bertz CT molecular complexity index is 444. The van der Waals surface area contributed by atoms with Gasteiger partial charge in [0.15, 0.2) is 0 Å². The predicted octanol–water partition coefficient (Wildman–Crippen LogP) is 3.10. The topological polar surface area (TPSA) is 38.3 Å². The van der Waals surface area contributed by atoms with Crippen LogP contribution in [0.5, 0.6) is 5.75 Å². The second kappa shape index (κ2) is 6.09. The van der Waals surface area contributed by atoms with Crippen LogP contribution in [0.3, 0.4) is 0 Å². The van der Waals surface area contributed by atoms with Gasteiger partial charge in [0.05, 0.1) is 7.11 Å². The Morgan fingerprint density at radius 3 is 3.00 bits per heavy atom. The predicted molar refractivity (Wildman–Crippen MR) is 76.4 cm³/mol. The summed E-state index contributed by atoms with van der Waals surface area (Å²) in [6.45, 7) is 4.14. The van der Waals surface area contributed by atoms with Crippen molar-refractivity contribution in [1.29, 1.82) is 0 Å². The van der Waals surface area contributed by atoms with Gasteiger partial charge < -0.3 is 10.1 Å². The number of carbonyl (C=O) groups is 1. The van der Waals surface area contributed by atoms with E-state index < -0.39 is 0 Å². The third kappa shape index (κ3) is 3.49. The molecular formula is C16H23NO2. The van der Waals surface area contributed by atoms with Gasteiger partial charge in [0.25, 0.3) is 0 Å². The van der Waals surface area contributed by atoms with E-state index in [0.717, 1.165) is 18.6 Å². The lowest BCUT2D eigenvalue weighted by atomic mass is 10.1. The number of hydrogen-bond donors (Lipinski definition) is 1. The van der Waals surface area contributed by atoms with Crippen molar-refractivity contribution in [3.63, 3.8) is 0 Å². The number of amides is 1. The Balaban J connectivity index is 1.90. The van der Waals surface area contributed by atoms with Gasteiger partial charge in [-0.15, -0.1) is 0 Å². The molecule has 1 aliphatic carbocycles. The molecule has 3 nitrogen and oxygen atoms in total. The van der Waals surface area contributed by atoms with E-state index in [0.29, 0.717) is 18.3 Å². The van der Waals surface area contributed by atoms with Crippen LogP contribution in [0, 0.1) is 5.92 Å². The molecule has 1 amide bonds. The monoisotopic (exact) mass is 261 g/mol. The van der Waals surface area contributed by atoms with E-state index in [-0.39, 0.29) is 11.9 Å². The third-order valence-electron chi connectivity index (χ3n) is 3.87. The van der Waals surface area contributed by atoms with Gasteiger partial charge >= 0.3 is 0 Å². The summed E-state index contributed by atoms with van der Waals surface area (Å²) in [6.07, 6.45) is 2.68. The van der Waals surface area contributed by atoms with Crippen LogP contribution in [0.4, 0.5) is 0 Å². The van der Waals surface area contributed by atoms with E-state index >= 15 is 0 Å². The molecule has 0 bridgehead atoms. The average molecular weight is 261 g/mol. The highest BCUT2D eigenvalue weighted by atomic mass is 16.5. The molecule has 1 unspecified atom stereocenters. The lowest BCUT2D eigenvalue weighted by molar-refractivity contribution is -0.121. The van der Waals surface area contributed by atoms with Crippen LogP contribution in [0.15, 0.2) is 24.3 Å². The Morgan fingerprint density at radius 1 is 1.53 bits per heavy atom. The highest BCUT2D eigenvalue weighted by Gasteiger charge is 2.42. The van der Waals surface area contributed by atoms with Gasteiger partial charge in [0, 0.05) is 12.5 Å². The van der Waals surface area contributed by atoms with E-state index in [4.69, 9.17) is 4.74 Å². The fourth-order valence-corrected chi connectivity index (χ4v) is 2.68. The fourth-order valence-electron chi connectivity index (χ4n) is 2.68. The quantitative estimate of drug-likeness (QED) is 0.854. The van der Waals surface area contributed by atoms with Gasteiger partial charge in [-0.2, -0.15) is 0 Å². The summed E-state index contributed by atoms with van der Waals surface area (Å²) in [5.41, 5.74) is 1.32. The molecule has 0 spiro atoms. The minimum absolute atomic E-state index is 0.172. The Morgan fingerprint density at radius 2 is 2.32 bits per heavy atom. The molecule has 2 rings (SSSR count). The van der Waals surface area contributed by atoms with Crippen molar-refractivity contribution in [2.45, 2.75) is 45.1 Å². The van der Waals surface area contributed by atoms with Gasteiger partial charge in [0.2, 0.25) is 5.91 Å². The highest BCUT2D eigenvalue weighted by molar-refractivity contribution is 5.76. The highest BCUT2D eigenvalue weighted by Crippen LogP contribution is 2.49. The smallest absolute Gasteiger partial charge is 0.220 e. The largest absolute Gasteiger partial charge is 0.497 e. The molecule has 0 aliphatic heterocycles. The number of rotatable bonds is 6. The van der Waals surface area contributed by atoms with Crippen LogP contribution in [-0.2, 0) is 4.79 Å². The Hall–Kier alpha value is -1.51. The van der Waals surface area contributed by atoms with Crippen LogP contribution < -0.4 is 10.1 Å². The van der Waals surface area contributed by atoms with Crippen molar-refractivity contribution in [2.24, 2.45) is 5.92 Å². The van der Waals surface area contributed by atoms with Crippen molar-refractivity contribution in [1.82, 2.24) is 5.32 Å². The van der Waals surface area contributed by atoms with Gasteiger partial charge in [-0.25, -0.2) is 0 Å². The third-order valence-corrected chi connectivity index (χ3v) is 3.87. The molecule has 0 heterocycles. The number of methoxy groups -OCH3 is 1. The van der Waals surface area contributed by atoms with Gasteiger partial charge in [-0.05, 0) is 49.3 Å². The van der Waals surface area contributed by atoms with Crippen molar-refractivity contribution in [3.8, 4) is 5.75 Å². The molecule has 3 heteroatoms. The molecule has 1 saturated carbocycles. The van der Waals surface area contributed by atoms with Crippen molar-refractivity contribution in [2.75, 3.05) is 7.11 Å². The summed E-state index contributed by atoms with van der Waals surface area (Å²) in [5, 5.41) is 3.10. The standard InChI is InChI=1S/C16H23NO2/c1-4-6-16(18)17-11(2)14-10-15(14)12-7-5-8-13(9-12)19-3/h5,7-9,11,14-15H,4,6,10H2,1-3H3,(H,17,18)/t11?,14-,15-/m0/s1. The minimum atomic E-state index is 0.172. The number of benzene rings is 1. The van der Waals surface area contributed by atoms with E-state index in [1.807, 2.05) is 19.1 Å². The molecule has 1 N–H and O–H groups in total. The number of nitrogens with one attached hydrogen (secondary N) is 1. The summed E-state index contributed by atoms with van der Waals surface area (Å²) >= 11 is 0. The number of ether oxygens (including phenoxy) is 1. The second-order valence-corrected chi connectivity index (χ2v) is 5.39. The Kier molecular flexibility index (Phi) is 4.46. The normalized spacial score (nSPS) is 22.7. The first-order valence-corrected chi connectivity index (χ1v) is 7.09. The zero-order valence-corrected chi connectivity index (χ0v) is 12.0. The minimum Gasteiger partial charge on any atom is -0.497 e. The molecule has 1 fully saturated rings. The van der Waals surface area contributed by atoms with E-state index in [9.17, 15) is 4.79 Å². The van der Waals surface area contributed by atoms with Crippen LogP contribution >= 0.6 is 0 Å². The second-order valence-electron chi connectivity index (χ2n) is 5.39. The zero-order chi connectivity index (χ0) is 13.8. The van der Waals surface area contributed by atoms with Gasteiger partial charge in [-0.1, -0.05) is 19.1 Å². The molecule has 104 valence electrons. The first-order chi connectivity index (χ1) is 9.15. The van der Waals surface area contributed by atoms with Crippen LogP contribution in [0.2, 0.25) is 0 Å². The van der Waals surface area contributed by atoms with Crippen molar-refractivity contribution < 1.29 is 9.53 Å². The summed E-state index contributed by atoms with van der Waals surface area (Å²) < 4.78 is 5.26. The molecule has 0 aromatic heterocycles. The van der Waals surface area contributed by atoms with E-state index in [1.165, 1.54) is 5.56 Å². The van der Waals surface area contributed by atoms with Gasteiger partial charge in [-0.3, -0.25) is 4.79 Å². The molecule has 1 aliphatic rings. The fraction of sp³-hybridized carbons (Fsp3) is 0.562. The van der Waals surface area contributed by atoms with Crippen molar-refractivity contribution >= 4 is 5.91 Å².